The zero-order chi connectivity index (χ0) is 13.0. The highest BCUT2D eigenvalue weighted by Gasteiger charge is 2.12. The first kappa shape index (κ1) is 13.4. The topological polar surface area (TPSA) is 104 Å². The predicted octanol–water partition coefficient (Wildman–Crippen LogP) is 1.46. The number of aromatic carboxylic acids is 2. The smallest absolute Gasteiger partial charge is 0.335 e. The van der Waals surface area contributed by atoms with Crippen molar-refractivity contribution in [1.82, 2.24) is 0 Å². The molecule has 3 N–H and O–H groups in total. The Kier molecular flexibility index (Phi) is 4.44. The second-order valence-corrected chi connectivity index (χ2v) is 3.85. The lowest BCUT2D eigenvalue weighted by Crippen LogP contribution is -2.14. The highest BCUT2D eigenvalue weighted by Crippen LogP contribution is 2.15. The van der Waals surface area contributed by atoms with E-state index < -0.39 is 11.9 Å². The molecular weight excluding hydrogens is 341 g/mol. The molecule has 0 aliphatic heterocycles. The van der Waals surface area contributed by atoms with E-state index >= 15 is 0 Å². The van der Waals surface area contributed by atoms with Gasteiger partial charge in [-0.25, -0.2) is 9.59 Å². The van der Waals surface area contributed by atoms with Crippen LogP contribution in [0.5, 0.6) is 0 Å². The molecule has 90 valence electrons. The molecule has 1 rings (SSSR count). The van der Waals surface area contributed by atoms with Gasteiger partial charge in [0.15, 0.2) is 0 Å². The van der Waals surface area contributed by atoms with Gasteiger partial charge in [0.1, 0.15) is 0 Å². The van der Waals surface area contributed by atoms with Gasteiger partial charge in [-0.1, -0.05) is 22.6 Å². The molecular formula is C10H8INO5. The van der Waals surface area contributed by atoms with E-state index in [0.717, 1.165) is 6.07 Å². The summed E-state index contributed by atoms with van der Waals surface area (Å²) in [5, 5.41) is 20.0. The third kappa shape index (κ3) is 3.70. The van der Waals surface area contributed by atoms with Crippen molar-refractivity contribution >= 4 is 46.1 Å². The van der Waals surface area contributed by atoms with Crippen LogP contribution in [-0.4, -0.2) is 32.5 Å². The number of carboxylic acid groups (broad SMARTS) is 2. The van der Waals surface area contributed by atoms with Crippen molar-refractivity contribution in [1.29, 1.82) is 0 Å². The van der Waals surface area contributed by atoms with Crippen LogP contribution in [0.25, 0.3) is 0 Å². The van der Waals surface area contributed by atoms with Crippen molar-refractivity contribution < 1.29 is 24.6 Å². The number of anilines is 1. The van der Waals surface area contributed by atoms with E-state index in [0.29, 0.717) is 0 Å². The highest BCUT2D eigenvalue weighted by atomic mass is 127. The summed E-state index contributed by atoms with van der Waals surface area (Å²) >= 11 is 1.84. The number of hydrogen-bond acceptors (Lipinski definition) is 3. The minimum Gasteiger partial charge on any atom is -0.478 e. The zero-order valence-electron chi connectivity index (χ0n) is 8.44. The number of halogens is 1. The molecule has 1 aromatic carbocycles. The third-order valence-electron chi connectivity index (χ3n) is 1.83. The number of amides is 1. The largest absolute Gasteiger partial charge is 0.478 e. The van der Waals surface area contributed by atoms with E-state index in [2.05, 4.69) is 5.32 Å². The number of carbonyl (C=O) groups is 3. The lowest BCUT2D eigenvalue weighted by Gasteiger charge is -2.06. The molecule has 0 saturated heterocycles. The SMILES string of the molecule is O=C(CI)Nc1cc(C(=O)O)cc(C(=O)O)c1. The lowest BCUT2D eigenvalue weighted by molar-refractivity contribution is -0.113. The summed E-state index contributed by atoms with van der Waals surface area (Å²) in [6.07, 6.45) is 0. The molecule has 1 amide bonds. The van der Waals surface area contributed by atoms with Crippen molar-refractivity contribution in [3.05, 3.63) is 29.3 Å². The van der Waals surface area contributed by atoms with E-state index in [1.807, 2.05) is 22.6 Å². The van der Waals surface area contributed by atoms with Gasteiger partial charge in [0.2, 0.25) is 5.91 Å². The molecule has 0 heterocycles. The summed E-state index contributed by atoms with van der Waals surface area (Å²) in [5.41, 5.74) is -0.216. The van der Waals surface area contributed by atoms with Crippen LogP contribution < -0.4 is 5.32 Å². The molecule has 1 aromatic rings. The molecule has 7 heteroatoms. The molecule has 0 aromatic heterocycles. The number of benzene rings is 1. The van der Waals surface area contributed by atoms with Crippen LogP contribution >= 0.6 is 22.6 Å². The van der Waals surface area contributed by atoms with Crippen LogP contribution in [0.1, 0.15) is 20.7 Å². The number of nitrogens with one attached hydrogen (secondary N) is 1. The minimum absolute atomic E-state index is 0.156. The highest BCUT2D eigenvalue weighted by molar-refractivity contribution is 14.1. The maximum atomic E-state index is 11.1. The Hall–Kier alpha value is -1.64. The van der Waals surface area contributed by atoms with E-state index in [1.165, 1.54) is 12.1 Å². The van der Waals surface area contributed by atoms with Gasteiger partial charge in [0.05, 0.1) is 15.6 Å². The monoisotopic (exact) mass is 349 g/mol. The van der Waals surface area contributed by atoms with Crippen molar-refractivity contribution in [2.75, 3.05) is 9.74 Å². The lowest BCUT2D eigenvalue weighted by atomic mass is 10.1. The summed E-state index contributed by atoms with van der Waals surface area (Å²) < 4.78 is 0.192. The van der Waals surface area contributed by atoms with Gasteiger partial charge in [-0.05, 0) is 18.2 Å². The fourth-order valence-electron chi connectivity index (χ4n) is 1.14. The van der Waals surface area contributed by atoms with Crippen LogP contribution in [0.2, 0.25) is 0 Å². The van der Waals surface area contributed by atoms with Crippen molar-refractivity contribution in [2.24, 2.45) is 0 Å². The van der Waals surface area contributed by atoms with Crippen molar-refractivity contribution in [3.63, 3.8) is 0 Å². The summed E-state index contributed by atoms with van der Waals surface area (Å²) in [4.78, 5) is 32.7. The average molecular weight is 349 g/mol. The van der Waals surface area contributed by atoms with Gasteiger partial charge in [-0.15, -0.1) is 0 Å². The Balaban J connectivity index is 3.16. The van der Waals surface area contributed by atoms with Gasteiger partial charge >= 0.3 is 11.9 Å². The Morgan fingerprint density at radius 2 is 1.53 bits per heavy atom. The normalized spacial score (nSPS) is 9.71. The van der Waals surface area contributed by atoms with Crippen LogP contribution in [-0.2, 0) is 4.79 Å². The zero-order valence-corrected chi connectivity index (χ0v) is 10.6. The number of carbonyl (C=O) groups excluding carboxylic acids is 1. The third-order valence-corrected chi connectivity index (χ3v) is 2.52. The summed E-state index contributed by atoms with van der Waals surface area (Å²) in [6.45, 7) is 0. The Bertz CT molecular complexity index is 453. The van der Waals surface area contributed by atoms with Gasteiger partial charge in [0.25, 0.3) is 0 Å². The quantitative estimate of drug-likeness (QED) is 0.564. The van der Waals surface area contributed by atoms with Crippen molar-refractivity contribution in [3.8, 4) is 0 Å². The summed E-state index contributed by atoms with van der Waals surface area (Å²) in [6, 6.07) is 3.45. The van der Waals surface area contributed by atoms with Gasteiger partial charge < -0.3 is 15.5 Å². The standard InChI is InChI=1S/C10H8INO5/c11-4-8(13)12-7-2-5(9(14)15)1-6(3-7)10(16)17/h1-3H,4H2,(H,12,13)(H,14,15)(H,16,17). The molecule has 0 saturated carbocycles. The molecule has 0 aliphatic carbocycles. The second kappa shape index (κ2) is 5.62. The molecule has 0 aliphatic rings. The van der Waals surface area contributed by atoms with Crippen LogP contribution in [0.3, 0.4) is 0 Å². The molecule has 0 atom stereocenters. The maximum absolute atomic E-state index is 11.1. The molecule has 0 bridgehead atoms. The Morgan fingerprint density at radius 1 is 1.06 bits per heavy atom. The minimum atomic E-state index is -1.25. The summed E-state index contributed by atoms with van der Waals surface area (Å²) in [7, 11) is 0. The van der Waals surface area contributed by atoms with Crippen LogP contribution in [0.15, 0.2) is 18.2 Å². The maximum Gasteiger partial charge on any atom is 0.335 e. The molecule has 0 unspecified atom stereocenters. The first-order chi connectivity index (χ1) is 7.93. The Labute approximate surface area is 110 Å². The molecule has 6 nitrogen and oxygen atoms in total. The van der Waals surface area contributed by atoms with Gasteiger partial charge in [0, 0.05) is 5.69 Å². The van der Waals surface area contributed by atoms with Gasteiger partial charge in [-0.3, -0.25) is 4.79 Å². The number of carboxylic acids is 2. The van der Waals surface area contributed by atoms with E-state index in [4.69, 9.17) is 10.2 Å². The number of rotatable bonds is 4. The van der Waals surface area contributed by atoms with E-state index in [-0.39, 0.29) is 27.1 Å². The molecule has 0 spiro atoms. The Morgan fingerprint density at radius 3 is 1.88 bits per heavy atom. The molecule has 0 fully saturated rings. The van der Waals surface area contributed by atoms with Crippen LogP contribution in [0, 0.1) is 0 Å². The molecule has 17 heavy (non-hydrogen) atoms. The number of alkyl halides is 1. The first-order valence-corrected chi connectivity index (χ1v) is 5.94. The van der Waals surface area contributed by atoms with Crippen molar-refractivity contribution in [2.45, 2.75) is 0 Å². The first-order valence-electron chi connectivity index (χ1n) is 4.41. The van der Waals surface area contributed by atoms with Gasteiger partial charge in [-0.2, -0.15) is 0 Å². The fourth-order valence-corrected chi connectivity index (χ4v) is 1.33. The van der Waals surface area contributed by atoms with E-state index in [1.54, 1.807) is 0 Å². The number of hydrogen-bond donors (Lipinski definition) is 3. The van der Waals surface area contributed by atoms with E-state index in [9.17, 15) is 14.4 Å². The predicted molar refractivity (Wildman–Crippen MR) is 67.9 cm³/mol. The van der Waals surface area contributed by atoms with Crippen LogP contribution in [0.4, 0.5) is 5.69 Å². The summed E-state index contributed by atoms with van der Waals surface area (Å²) in [5.74, 6) is -2.83. The second-order valence-electron chi connectivity index (χ2n) is 3.09. The average Bonchev–Trinajstić information content (AvgIpc) is 2.28. The fraction of sp³-hybridized carbons (Fsp3) is 0.100. The molecule has 0 radical (unpaired) electrons.